The molecule has 0 spiro atoms. The number of rotatable bonds is 2. The van der Waals surface area contributed by atoms with Crippen molar-refractivity contribution in [3.8, 4) is 0 Å². The molecule has 1 atom stereocenters. The molecule has 0 aliphatic carbocycles. The van der Waals surface area contributed by atoms with Gasteiger partial charge in [0.1, 0.15) is 0 Å². The highest BCUT2D eigenvalue weighted by molar-refractivity contribution is 7.81. The van der Waals surface area contributed by atoms with Crippen LogP contribution in [0.5, 0.6) is 0 Å². The number of hydrogen-bond acceptors (Lipinski definition) is 2. The maximum atomic E-state index is 6.61. The van der Waals surface area contributed by atoms with Crippen LogP contribution in [0.25, 0.3) is 0 Å². The molecule has 0 fully saturated rings. The second kappa shape index (κ2) is 3.22. The summed E-state index contributed by atoms with van der Waals surface area (Å²) < 4.78 is 0. The Morgan fingerprint density at radius 3 is 2.50 bits per heavy atom. The van der Waals surface area contributed by atoms with Crippen LogP contribution in [0.15, 0.2) is 0 Å². The first-order valence-electron chi connectivity index (χ1n) is 2.00. The fourth-order valence-corrected chi connectivity index (χ4v) is 0.118. The Morgan fingerprint density at radius 1 is 2.00 bits per heavy atom. The predicted octanol–water partition coefficient (Wildman–Crippen LogP) is 1.34. The van der Waals surface area contributed by atoms with E-state index in [-0.39, 0.29) is 5.25 Å². The van der Waals surface area contributed by atoms with E-state index in [9.17, 15) is 0 Å². The van der Waals surface area contributed by atoms with E-state index in [0.29, 0.717) is 0 Å². The molecule has 0 aromatic carbocycles. The molecule has 2 heteroatoms. The molecule has 36 valence electrons. The van der Waals surface area contributed by atoms with Crippen LogP contribution in [0.2, 0.25) is 0 Å². The van der Waals surface area contributed by atoms with Gasteiger partial charge >= 0.3 is 0 Å². The van der Waals surface area contributed by atoms with Crippen molar-refractivity contribution in [3.63, 3.8) is 0 Å². The average molecular weight is 103 g/mol. The minimum absolute atomic E-state index is 0.171. The van der Waals surface area contributed by atoms with E-state index in [1.54, 1.807) is 0 Å². The summed E-state index contributed by atoms with van der Waals surface area (Å²) in [6.45, 7) is 2.00. The van der Waals surface area contributed by atoms with E-state index in [0.717, 1.165) is 6.42 Å². The molecule has 0 amide bonds. The first kappa shape index (κ1) is 6.02. The SMILES string of the molecule is CCC(S)C=N. The summed E-state index contributed by atoms with van der Waals surface area (Å²) in [6.07, 6.45) is 2.29. The molecule has 0 aliphatic rings. The van der Waals surface area contributed by atoms with E-state index in [1.165, 1.54) is 6.21 Å². The summed E-state index contributed by atoms with van der Waals surface area (Å²) in [4.78, 5) is 0. The third-order valence-corrected chi connectivity index (χ3v) is 1.12. The van der Waals surface area contributed by atoms with Crippen molar-refractivity contribution in [2.75, 3.05) is 0 Å². The lowest BCUT2D eigenvalue weighted by atomic mass is 10.4. The van der Waals surface area contributed by atoms with Crippen LogP contribution < -0.4 is 0 Å². The van der Waals surface area contributed by atoms with Gasteiger partial charge in [-0.3, -0.25) is 0 Å². The Kier molecular flexibility index (Phi) is 3.23. The van der Waals surface area contributed by atoms with Gasteiger partial charge in [0.2, 0.25) is 0 Å². The van der Waals surface area contributed by atoms with Crippen LogP contribution >= 0.6 is 12.6 Å². The number of hydrogen-bond donors (Lipinski definition) is 2. The summed E-state index contributed by atoms with van der Waals surface area (Å²) in [5, 5.41) is 6.78. The van der Waals surface area contributed by atoms with Crippen LogP contribution in [0, 0.1) is 5.41 Å². The summed E-state index contributed by atoms with van der Waals surface area (Å²) in [5.41, 5.74) is 0. The molecule has 0 aliphatic heterocycles. The predicted molar refractivity (Wildman–Crippen MR) is 31.8 cm³/mol. The topological polar surface area (TPSA) is 23.9 Å². The zero-order valence-electron chi connectivity index (χ0n) is 3.81. The van der Waals surface area contributed by atoms with Crippen molar-refractivity contribution >= 4 is 18.8 Å². The lowest BCUT2D eigenvalue weighted by Gasteiger charge is -1.91. The standard InChI is InChI=1S/C4H9NS/c1-2-4(6)3-5/h3-6H,2H2,1H3. The Labute approximate surface area is 43.7 Å². The van der Waals surface area contributed by atoms with Gasteiger partial charge in [-0.15, -0.1) is 0 Å². The lowest BCUT2D eigenvalue weighted by molar-refractivity contribution is 1.03. The van der Waals surface area contributed by atoms with E-state index in [2.05, 4.69) is 12.6 Å². The van der Waals surface area contributed by atoms with Crippen LogP contribution in [0.3, 0.4) is 0 Å². The van der Waals surface area contributed by atoms with Crippen LogP contribution in [0.1, 0.15) is 13.3 Å². The molecule has 0 aromatic heterocycles. The third-order valence-electron chi connectivity index (χ3n) is 0.611. The van der Waals surface area contributed by atoms with Crippen molar-refractivity contribution in [1.29, 1.82) is 5.41 Å². The monoisotopic (exact) mass is 103 g/mol. The number of nitrogens with one attached hydrogen (secondary N) is 1. The van der Waals surface area contributed by atoms with Gasteiger partial charge in [-0.05, 0) is 6.42 Å². The van der Waals surface area contributed by atoms with Gasteiger partial charge in [0.15, 0.2) is 0 Å². The van der Waals surface area contributed by atoms with Gasteiger partial charge in [-0.25, -0.2) is 0 Å². The van der Waals surface area contributed by atoms with Crippen molar-refractivity contribution in [2.24, 2.45) is 0 Å². The van der Waals surface area contributed by atoms with Crippen LogP contribution in [-0.4, -0.2) is 11.5 Å². The highest BCUT2D eigenvalue weighted by atomic mass is 32.1. The largest absolute Gasteiger partial charge is 0.312 e. The second-order valence-corrected chi connectivity index (χ2v) is 1.81. The molecule has 0 saturated heterocycles. The van der Waals surface area contributed by atoms with Crippen molar-refractivity contribution < 1.29 is 0 Å². The van der Waals surface area contributed by atoms with E-state index >= 15 is 0 Å². The summed E-state index contributed by atoms with van der Waals surface area (Å²) in [6, 6.07) is 0. The fourth-order valence-electron chi connectivity index (χ4n) is 0.118. The first-order valence-corrected chi connectivity index (χ1v) is 2.51. The molecule has 0 rings (SSSR count). The second-order valence-electron chi connectivity index (χ2n) is 1.14. The number of thiol groups is 1. The zero-order chi connectivity index (χ0) is 4.99. The Morgan fingerprint density at radius 2 is 2.50 bits per heavy atom. The van der Waals surface area contributed by atoms with E-state index in [4.69, 9.17) is 5.41 Å². The molecule has 0 heterocycles. The molecule has 1 nitrogen and oxygen atoms in total. The van der Waals surface area contributed by atoms with Crippen molar-refractivity contribution in [1.82, 2.24) is 0 Å². The summed E-state index contributed by atoms with van der Waals surface area (Å²) in [5.74, 6) is 0. The van der Waals surface area contributed by atoms with Crippen molar-refractivity contribution in [3.05, 3.63) is 0 Å². The summed E-state index contributed by atoms with van der Waals surface area (Å²) in [7, 11) is 0. The highest BCUT2D eigenvalue weighted by Gasteiger charge is 1.87. The maximum absolute atomic E-state index is 6.61. The normalized spacial score (nSPS) is 13.7. The molecule has 0 saturated carbocycles. The van der Waals surface area contributed by atoms with Gasteiger partial charge in [0.25, 0.3) is 0 Å². The molecular formula is C4H9NS. The minimum Gasteiger partial charge on any atom is -0.312 e. The highest BCUT2D eigenvalue weighted by Crippen LogP contribution is 1.92. The summed E-state index contributed by atoms with van der Waals surface area (Å²) >= 11 is 3.99. The lowest BCUT2D eigenvalue weighted by Crippen LogP contribution is -1.93. The average Bonchev–Trinajstić information content (AvgIpc) is 1.65. The molecule has 0 radical (unpaired) electrons. The Hall–Kier alpha value is 0.0200. The third kappa shape index (κ3) is 2.27. The molecule has 1 N–H and O–H groups in total. The quantitative estimate of drug-likeness (QED) is 0.389. The molecule has 0 aromatic rings. The smallest absolute Gasteiger partial charge is 0.0361 e. The molecule has 0 bridgehead atoms. The van der Waals surface area contributed by atoms with Gasteiger partial charge in [0, 0.05) is 11.5 Å². The van der Waals surface area contributed by atoms with Gasteiger partial charge < -0.3 is 5.41 Å². The van der Waals surface area contributed by atoms with Gasteiger partial charge in [-0.2, -0.15) is 12.6 Å². The van der Waals surface area contributed by atoms with Crippen molar-refractivity contribution in [2.45, 2.75) is 18.6 Å². The Balaban J connectivity index is 2.96. The maximum Gasteiger partial charge on any atom is 0.0361 e. The minimum atomic E-state index is 0.171. The fraction of sp³-hybridized carbons (Fsp3) is 0.750. The van der Waals surface area contributed by atoms with Crippen LogP contribution in [-0.2, 0) is 0 Å². The van der Waals surface area contributed by atoms with E-state index in [1.807, 2.05) is 6.92 Å². The Bertz CT molecular complexity index is 44.8. The van der Waals surface area contributed by atoms with Gasteiger partial charge in [-0.1, -0.05) is 6.92 Å². The van der Waals surface area contributed by atoms with Gasteiger partial charge in [0.05, 0.1) is 0 Å². The molecular weight excluding hydrogens is 94.1 g/mol. The van der Waals surface area contributed by atoms with Crippen LogP contribution in [0.4, 0.5) is 0 Å². The van der Waals surface area contributed by atoms with E-state index < -0.39 is 0 Å². The zero-order valence-corrected chi connectivity index (χ0v) is 4.70. The molecule has 6 heavy (non-hydrogen) atoms. The molecule has 1 unspecified atom stereocenters. The first-order chi connectivity index (χ1) is 2.81.